The first-order valence-corrected chi connectivity index (χ1v) is 7.04. The first-order valence-electron chi connectivity index (χ1n) is 6.05. The lowest BCUT2D eigenvalue weighted by Gasteiger charge is -2.07. The van der Waals surface area contributed by atoms with Crippen molar-refractivity contribution in [2.24, 2.45) is 5.73 Å². The Kier molecular flexibility index (Phi) is 5.93. The maximum absolute atomic E-state index is 5.72. The minimum absolute atomic E-state index is 0.353. The third-order valence-corrected chi connectivity index (χ3v) is 3.90. The van der Waals surface area contributed by atoms with E-state index in [1.807, 2.05) is 11.8 Å². The molecule has 2 heteroatoms. The van der Waals surface area contributed by atoms with Gasteiger partial charge in [-0.3, -0.25) is 0 Å². The van der Waals surface area contributed by atoms with Crippen LogP contribution in [0.1, 0.15) is 37.3 Å². The van der Waals surface area contributed by atoms with Crippen molar-refractivity contribution in [2.75, 3.05) is 5.75 Å². The monoisotopic (exact) mass is 237 g/mol. The molecule has 1 aromatic carbocycles. The molecule has 1 rings (SSSR count). The summed E-state index contributed by atoms with van der Waals surface area (Å²) in [5, 5.41) is 0. The standard InChI is InChI=1S/C14H23NS/c1-11-7-8-12(2)14(10-11)16-9-5-4-6-13(3)15/h7-8,10,13H,4-6,9,15H2,1-3H3. The number of hydrogen-bond acceptors (Lipinski definition) is 2. The van der Waals surface area contributed by atoms with E-state index in [2.05, 4.69) is 39.0 Å². The van der Waals surface area contributed by atoms with Crippen molar-refractivity contribution in [1.29, 1.82) is 0 Å². The van der Waals surface area contributed by atoms with Gasteiger partial charge in [0.1, 0.15) is 0 Å². The molecule has 0 saturated heterocycles. The molecule has 1 aromatic rings. The van der Waals surface area contributed by atoms with Crippen LogP contribution in [-0.2, 0) is 0 Å². The second-order valence-electron chi connectivity index (χ2n) is 4.59. The highest BCUT2D eigenvalue weighted by molar-refractivity contribution is 7.99. The Bertz CT molecular complexity index is 321. The quantitative estimate of drug-likeness (QED) is 0.599. The highest BCUT2D eigenvalue weighted by Gasteiger charge is 2.00. The Hall–Kier alpha value is -0.470. The Morgan fingerprint density at radius 3 is 2.69 bits per heavy atom. The molecule has 1 nitrogen and oxygen atoms in total. The Morgan fingerprint density at radius 2 is 2.00 bits per heavy atom. The number of aryl methyl sites for hydroxylation is 2. The second-order valence-corrected chi connectivity index (χ2v) is 5.73. The summed E-state index contributed by atoms with van der Waals surface area (Å²) >= 11 is 1.97. The number of unbranched alkanes of at least 4 members (excludes halogenated alkanes) is 1. The van der Waals surface area contributed by atoms with Crippen LogP contribution < -0.4 is 5.73 Å². The van der Waals surface area contributed by atoms with Gasteiger partial charge in [-0.2, -0.15) is 0 Å². The Balaban J connectivity index is 2.29. The number of hydrogen-bond donors (Lipinski definition) is 1. The molecule has 2 N–H and O–H groups in total. The lowest BCUT2D eigenvalue weighted by Crippen LogP contribution is -2.14. The molecule has 0 spiro atoms. The number of benzene rings is 1. The molecule has 0 fully saturated rings. The fraction of sp³-hybridized carbons (Fsp3) is 0.571. The van der Waals surface area contributed by atoms with E-state index >= 15 is 0 Å². The molecular formula is C14H23NS. The van der Waals surface area contributed by atoms with Crippen molar-refractivity contribution < 1.29 is 0 Å². The van der Waals surface area contributed by atoms with Gasteiger partial charge >= 0.3 is 0 Å². The molecule has 1 unspecified atom stereocenters. The fourth-order valence-electron chi connectivity index (χ4n) is 1.61. The lowest BCUT2D eigenvalue weighted by molar-refractivity contribution is 0.618. The average Bonchev–Trinajstić information content (AvgIpc) is 2.22. The van der Waals surface area contributed by atoms with E-state index in [0.29, 0.717) is 6.04 Å². The summed E-state index contributed by atoms with van der Waals surface area (Å²) in [4.78, 5) is 1.43. The molecule has 0 amide bonds. The average molecular weight is 237 g/mol. The zero-order valence-corrected chi connectivity index (χ0v) is 11.4. The first-order chi connectivity index (χ1) is 7.59. The van der Waals surface area contributed by atoms with Gasteiger partial charge in [0.05, 0.1) is 0 Å². The Morgan fingerprint density at radius 1 is 1.25 bits per heavy atom. The molecule has 0 aliphatic rings. The van der Waals surface area contributed by atoms with Crippen molar-refractivity contribution in [2.45, 2.75) is 51.0 Å². The summed E-state index contributed by atoms with van der Waals surface area (Å²) in [6.45, 7) is 6.42. The van der Waals surface area contributed by atoms with E-state index in [1.54, 1.807) is 0 Å². The minimum Gasteiger partial charge on any atom is -0.328 e. The van der Waals surface area contributed by atoms with Crippen LogP contribution >= 0.6 is 11.8 Å². The molecule has 0 saturated carbocycles. The van der Waals surface area contributed by atoms with Crippen LogP contribution in [-0.4, -0.2) is 11.8 Å². The van der Waals surface area contributed by atoms with Gasteiger partial charge in [-0.25, -0.2) is 0 Å². The van der Waals surface area contributed by atoms with Crippen LogP contribution in [0.4, 0.5) is 0 Å². The van der Waals surface area contributed by atoms with Crippen molar-refractivity contribution in [3.63, 3.8) is 0 Å². The van der Waals surface area contributed by atoms with Gasteiger partial charge in [-0.15, -0.1) is 11.8 Å². The van der Waals surface area contributed by atoms with Crippen molar-refractivity contribution in [1.82, 2.24) is 0 Å². The molecule has 0 bridgehead atoms. The molecule has 0 radical (unpaired) electrons. The molecule has 0 aliphatic heterocycles. The maximum Gasteiger partial charge on any atom is 0.0104 e. The SMILES string of the molecule is Cc1ccc(C)c(SCCCCC(C)N)c1. The largest absolute Gasteiger partial charge is 0.328 e. The van der Waals surface area contributed by atoms with Gasteiger partial charge in [-0.1, -0.05) is 24.1 Å². The van der Waals surface area contributed by atoms with Gasteiger partial charge < -0.3 is 5.73 Å². The van der Waals surface area contributed by atoms with Gasteiger partial charge in [0.15, 0.2) is 0 Å². The molecular weight excluding hydrogens is 214 g/mol. The summed E-state index contributed by atoms with van der Waals surface area (Å²) in [7, 11) is 0. The van der Waals surface area contributed by atoms with E-state index in [1.165, 1.54) is 34.6 Å². The smallest absolute Gasteiger partial charge is 0.0104 e. The second kappa shape index (κ2) is 6.97. The predicted molar refractivity (Wildman–Crippen MR) is 74.1 cm³/mol. The van der Waals surface area contributed by atoms with Crippen LogP contribution in [0.15, 0.2) is 23.1 Å². The topological polar surface area (TPSA) is 26.0 Å². The van der Waals surface area contributed by atoms with E-state index in [4.69, 9.17) is 5.73 Å². The summed E-state index contributed by atoms with van der Waals surface area (Å²) in [6.07, 6.45) is 3.66. The number of rotatable bonds is 6. The number of thioether (sulfide) groups is 1. The zero-order valence-electron chi connectivity index (χ0n) is 10.6. The van der Waals surface area contributed by atoms with E-state index in [0.717, 1.165) is 6.42 Å². The van der Waals surface area contributed by atoms with Gasteiger partial charge in [0, 0.05) is 10.9 Å². The van der Waals surface area contributed by atoms with Crippen LogP contribution in [0.25, 0.3) is 0 Å². The number of nitrogens with two attached hydrogens (primary N) is 1. The van der Waals surface area contributed by atoms with Crippen molar-refractivity contribution in [3.05, 3.63) is 29.3 Å². The molecule has 0 heterocycles. The molecule has 1 atom stereocenters. The van der Waals surface area contributed by atoms with E-state index in [9.17, 15) is 0 Å². The summed E-state index contributed by atoms with van der Waals surface area (Å²) in [5.41, 5.74) is 8.47. The maximum atomic E-state index is 5.72. The molecule has 90 valence electrons. The van der Waals surface area contributed by atoms with Crippen LogP contribution in [0.5, 0.6) is 0 Å². The van der Waals surface area contributed by atoms with Gasteiger partial charge in [0.2, 0.25) is 0 Å². The third-order valence-electron chi connectivity index (χ3n) is 2.66. The van der Waals surface area contributed by atoms with Crippen LogP contribution in [0, 0.1) is 13.8 Å². The first kappa shape index (κ1) is 13.6. The van der Waals surface area contributed by atoms with Crippen molar-refractivity contribution >= 4 is 11.8 Å². The van der Waals surface area contributed by atoms with E-state index in [-0.39, 0.29) is 0 Å². The Labute approximate surface area is 104 Å². The van der Waals surface area contributed by atoms with Gasteiger partial charge in [-0.05, 0) is 51.0 Å². The van der Waals surface area contributed by atoms with Crippen LogP contribution in [0.3, 0.4) is 0 Å². The lowest BCUT2D eigenvalue weighted by atomic mass is 10.2. The minimum atomic E-state index is 0.353. The van der Waals surface area contributed by atoms with Crippen LogP contribution in [0.2, 0.25) is 0 Å². The molecule has 0 aromatic heterocycles. The summed E-state index contributed by atoms with van der Waals surface area (Å²) < 4.78 is 0. The van der Waals surface area contributed by atoms with Gasteiger partial charge in [0.25, 0.3) is 0 Å². The molecule has 16 heavy (non-hydrogen) atoms. The molecule has 0 aliphatic carbocycles. The summed E-state index contributed by atoms with van der Waals surface area (Å²) in [6, 6.07) is 7.02. The predicted octanol–water partition coefficient (Wildman–Crippen LogP) is 3.91. The highest BCUT2D eigenvalue weighted by atomic mass is 32.2. The normalized spacial score (nSPS) is 12.8. The third kappa shape index (κ3) is 5.04. The van der Waals surface area contributed by atoms with Crippen molar-refractivity contribution in [3.8, 4) is 0 Å². The summed E-state index contributed by atoms with van der Waals surface area (Å²) in [5.74, 6) is 1.21. The fourth-order valence-corrected chi connectivity index (χ4v) is 2.75. The van der Waals surface area contributed by atoms with E-state index < -0.39 is 0 Å². The highest BCUT2D eigenvalue weighted by Crippen LogP contribution is 2.24. The zero-order chi connectivity index (χ0) is 12.0.